The molecular weight excluding hydrogens is 424 g/mol. The highest BCUT2D eigenvalue weighted by Gasteiger charge is 2.17. The van der Waals surface area contributed by atoms with Crippen LogP contribution in [0.2, 0.25) is 0 Å². The standard InChI is InChI=1S/C21H22N2O3S3/c1-4-26-20(25)17-7-8-27-19(17)23-18(24)10-16-12-29-21(22-16)28-11-15-9-13(2)5-6-14(15)3/h5-9,12H,4,10-11H2,1-3H3,(H,23,24). The van der Waals surface area contributed by atoms with E-state index in [9.17, 15) is 9.59 Å². The van der Waals surface area contributed by atoms with E-state index in [0.717, 1.165) is 15.8 Å². The molecule has 0 spiro atoms. The van der Waals surface area contributed by atoms with E-state index in [-0.39, 0.29) is 12.3 Å². The molecule has 0 aliphatic heterocycles. The van der Waals surface area contributed by atoms with Crippen molar-refractivity contribution in [2.24, 2.45) is 0 Å². The summed E-state index contributed by atoms with van der Waals surface area (Å²) in [6.45, 7) is 6.25. The molecule has 0 atom stereocenters. The third-order valence-electron chi connectivity index (χ3n) is 4.14. The maximum Gasteiger partial charge on any atom is 0.341 e. The van der Waals surface area contributed by atoms with Gasteiger partial charge in [-0.05, 0) is 43.3 Å². The number of aromatic nitrogens is 1. The van der Waals surface area contributed by atoms with Crippen LogP contribution in [0.4, 0.5) is 5.00 Å². The van der Waals surface area contributed by atoms with Gasteiger partial charge in [-0.25, -0.2) is 9.78 Å². The third kappa shape index (κ3) is 5.91. The molecule has 0 bridgehead atoms. The predicted octanol–water partition coefficient (Wildman–Crippen LogP) is 5.47. The Morgan fingerprint density at radius 1 is 1.21 bits per heavy atom. The molecule has 0 unspecified atom stereocenters. The first-order valence-corrected chi connectivity index (χ1v) is 11.9. The van der Waals surface area contributed by atoms with Gasteiger partial charge in [0.15, 0.2) is 0 Å². The number of carbonyl (C=O) groups is 2. The van der Waals surface area contributed by atoms with Gasteiger partial charge in [-0.1, -0.05) is 35.5 Å². The number of thiazole rings is 1. The molecule has 1 N–H and O–H groups in total. The van der Waals surface area contributed by atoms with E-state index in [4.69, 9.17) is 4.74 Å². The number of nitrogens with one attached hydrogen (secondary N) is 1. The highest BCUT2D eigenvalue weighted by molar-refractivity contribution is 8.00. The van der Waals surface area contributed by atoms with Gasteiger partial charge in [0.1, 0.15) is 9.34 Å². The van der Waals surface area contributed by atoms with Gasteiger partial charge in [-0.15, -0.1) is 22.7 Å². The first kappa shape index (κ1) is 21.5. The minimum Gasteiger partial charge on any atom is -0.462 e. The third-order valence-corrected chi connectivity index (χ3v) is 7.09. The lowest BCUT2D eigenvalue weighted by Crippen LogP contribution is -2.16. The summed E-state index contributed by atoms with van der Waals surface area (Å²) >= 11 is 4.52. The van der Waals surface area contributed by atoms with E-state index in [1.54, 1.807) is 41.5 Å². The minimum absolute atomic E-state index is 0.167. The SMILES string of the molecule is CCOC(=O)c1ccsc1NC(=O)Cc1csc(SCc2cc(C)ccc2C)n1. The molecule has 29 heavy (non-hydrogen) atoms. The Kier molecular flexibility index (Phi) is 7.46. The largest absolute Gasteiger partial charge is 0.462 e. The zero-order chi connectivity index (χ0) is 20.8. The lowest BCUT2D eigenvalue weighted by atomic mass is 10.1. The van der Waals surface area contributed by atoms with Crippen LogP contribution < -0.4 is 5.32 Å². The Bertz CT molecular complexity index is 1010. The van der Waals surface area contributed by atoms with Crippen molar-refractivity contribution in [3.8, 4) is 0 Å². The molecule has 0 aliphatic rings. The smallest absolute Gasteiger partial charge is 0.341 e. The van der Waals surface area contributed by atoms with E-state index in [0.29, 0.717) is 17.2 Å². The second-order valence-electron chi connectivity index (χ2n) is 6.43. The summed E-state index contributed by atoms with van der Waals surface area (Å²) in [4.78, 5) is 28.9. The molecule has 2 heterocycles. The number of rotatable bonds is 8. The van der Waals surface area contributed by atoms with Crippen LogP contribution in [0.5, 0.6) is 0 Å². The predicted molar refractivity (Wildman–Crippen MR) is 120 cm³/mol. The first-order valence-electron chi connectivity index (χ1n) is 9.14. The quantitative estimate of drug-likeness (QED) is 0.367. The maximum atomic E-state index is 12.4. The number of amides is 1. The normalized spacial score (nSPS) is 10.7. The van der Waals surface area contributed by atoms with Crippen molar-refractivity contribution >= 4 is 51.3 Å². The number of thioether (sulfide) groups is 1. The second-order valence-corrected chi connectivity index (χ2v) is 9.43. The van der Waals surface area contributed by atoms with Gasteiger partial charge < -0.3 is 10.1 Å². The van der Waals surface area contributed by atoms with Gasteiger partial charge in [0, 0.05) is 11.1 Å². The van der Waals surface area contributed by atoms with Crippen LogP contribution in [-0.4, -0.2) is 23.5 Å². The van der Waals surface area contributed by atoms with E-state index in [1.807, 2.05) is 5.38 Å². The minimum atomic E-state index is -0.428. The summed E-state index contributed by atoms with van der Waals surface area (Å²) in [5, 5.41) is 6.97. The van der Waals surface area contributed by atoms with Gasteiger partial charge in [0.2, 0.25) is 5.91 Å². The zero-order valence-corrected chi connectivity index (χ0v) is 18.9. The van der Waals surface area contributed by atoms with E-state index < -0.39 is 5.97 Å². The van der Waals surface area contributed by atoms with Crippen LogP contribution in [-0.2, 0) is 21.7 Å². The van der Waals surface area contributed by atoms with Crippen molar-refractivity contribution in [2.45, 2.75) is 37.3 Å². The fraction of sp³-hybridized carbons (Fsp3) is 0.286. The molecule has 0 saturated carbocycles. The molecule has 1 amide bonds. The topological polar surface area (TPSA) is 68.3 Å². The number of nitrogens with zero attached hydrogens (tertiary/aromatic N) is 1. The van der Waals surface area contributed by atoms with Crippen LogP contribution in [0.1, 0.15) is 39.7 Å². The monoisotopic (exact) mass is 446 g/mol. The zero-order valence-electron chi connectivity index (χ0n) is 16.5. The Labute approximate surface area is 182 Å². The van der Waals surface area contributed by atoms with Gasteiger partial charge >= 0.3 is 5.97 Å². The number of ether oxygens (including phenoxy) is 1. The summed E-state index contributed by atoms with van der Waals surface area (Å²) in [6, 6.07) is 8.11. The Hall–Kier alpha value is -2.16. The number of hydrogen-bond acceptors (Lipinski definition) is 7. The highest BCUT2D eigenvalue weighted by Crippen LogP contribution is 2.28. The number of carbonyl (C=O) groups excluding carboxylic acids is 2. The highest BCUT2D eigenvalue weighted by atomic mass is 32.2. The maximum absolute atomic E-state index is 12.4. The van der Waals surface area contributed by atoms with E-state index >= 15 is 0 Å². The molecular formula is C21H22N2O3S3. The fourth-order valence-electron chi connectivity index (χ4n) is 2.64. The number of anilines is 1. The lowest BCUT2D eigenvalue weighted by molar-refractivity contribution is -0.115. The average molecular weight is 447 g/mol. The van der Waals surface area contributed by atoms with Crippen molar-refractivity contribution < 1.29 is 14.3 Å². The summed E-state index contributed by atoms with van der Waals surface area (Å²) < 4.78 is 5.95. The summed E-state index contributed by atoms with van der Waals surface area (Å²) in [5.41, 5.74) is 4.93. The number of benzene rings is 1. The van der Waals surface area contributed by atoms with Gasteiger partial charge in [0.25, 0.3) is 0 Å². The molecule has 0 aliphatic carbocycles. The van der Waals surface area contributed by atoms with E-state index in [1.165, 1.54) is 28.0 Å². The summed E-state index contributed by atoms with van der Waals surface area (Å²) in [6.07, 6.45) is 0.167. The number of aryl methyl sites for hydroxylation is 2. The van der Waals surface area contributed by atoms with Gasteiger partial charge in [0.05, 0.1) is 24.3 Å². The van der Waals surface area contributed by atoms with Crippen LogP contribution in [0, 0.1) is 13.8 Å². The summed E-state index contributed by atoms with van der Waals surface area (Å²) in [5.74, 6) is 0.224. The molecule has 5 nitrogen and oxygen atoms in total. The van der Waals surface area contributed by atoms with Crippen LogP contribution >= 0.6 is 34.4 Å². The molecule has 0 radical (unpaired) electrons. The van der Waals surface area contributed by atoms with Crippen molar-refractivity contribution in [2.75, 3.05) is 11.9 Å². The van der Waals surface area contributed by atoms with Crippen LogP contribution in [0.15, 0.2) is 39.4 Å². The summed E-state index contributed by atoms with van der Waals surface area (Å²) in [7, 11) is 0. The molecule has 8 heteroatoms. The molecule has 0 fully saturated rings. The number of esters is 1. The van der Waals surface area contributed by atoms with Crippen molar-refractivity contribution in [1.29, 1.82) is 0 Å². The molecule has 152 valence electrons. The van der Waals surface area contributed by atoms with Crippen molar-refractivity contribution in [1.82, 2.24) is 4.98 Å². The number of hydrogen-bond donors (Lipinski definition) is 1. The van der Waals surface area contributed by atoms with E-state index in [2.05, 4.69) is 42.3 Å². The Morgan fingerprint density at radius 2 is 2.03 bits per heavy atom. The van der Waals surface area contributed by atoms with Crippen molar-refractivity contribution in [3.63, 3.8) is 0 Å². The second kappa shape index (κ2) is 10.0. The number of thiophene rings is 1. The van der Waals surface area contributed by atoms with Crippen molar-refractivity contribution in [3.05, 3.63) is 63.0 Å². The Morgan fingerprint density at radius 3 is 2.83 bits per heavy atom. The molecule has 2 aromatic heterocycles. The molecule has 3 rings (SSSR count). The molecule has 1 aromatic carbocycles. The average Bonchev–Trinajstić information content (AvgIpc) is 3.32. The first-order chi connectivity index (χ1) is 14.0. The lowest BCUT2D eigenvalue weighted by Gasteiger charge is -2.06. The Balaban J connectivity index is 1.56. The van der Waals surface area contributed by atoms with Gasteiger partial charge in [-0.3, -0.25) is 4.79 Å². The molecule has 0 saturated heterocycles. The molecule has 3 aromatic rings. The van der Waals surface area contributed by atoms with Crippen LogP contribution in [0.3, 0.4) is 0 Å². The fourth-order valence-corrected chi connectivity index (χ4v) is 5.34. The van der Waals surface area contributed by atoms with Gasteiger partial charge in [-0.2, -0.15) is 0 Å². The van der Waals surface area contributed by atoms with Crippen LogP contribution in [0.25, 0.3) is 0 Å².